The van der Waals surface area contributed by atoms with Crippen molar-refractivity contribution in [1.82, 2.24) is 4.90 Å². The van der Waals surface area contributed by atoms with E-state index in [4.69, 9.17) is 0 Å². The van der Waals surface area contributed by atoms with Crippen LogP contribution in [-0.2, 0) is 4.79 Å². The van der Waals surface area contributed by atoms with Crippen molar-refractivity contribution in [3.05, 3.63) is 11.6 Å². The largest absolute Gasteiger partial charge is 0.339 e. The predicted molar refractivity (Wildman–Crippen MR) is 54.4 cm³/mol. The molecule has 0 aromatic rings. The van der Waals surface area contributed by atoms with E-state index in [1.807, 2.05) is 24.9 Å². The molecule has 0 atom stereocenters. The van der Waals surface area contributed by atoms with Crippen LogP contribution in [-0.4, -0.2) is 23.9 Å². The van der Waals surface area contributed by atoms with E-state index in [2.05, 4.69) is 13.8 Å². The Kier molecular flexibility index (Phi) is 3.12. The molecule has 0 saturated heterocycles. The monoisotopic (exact) mass is 181 g/mol. The van der Waals surface area contributed by atoms with Gasteiger partial charge in [-0.15, -0.1) is 0 Å². The Hall–Kier alpha value is -0.790. The van der Waals surface area contributed by atoms with Gasteiger partial charge in [-0.25, -0.2) is 0 Å². The first-order valence-electron chi connectivity index (χ1n) is 5.01. The van der Waals surface area contributed by atoms with Gasteiger partial charge in [0.2, 0.25) is 5.91 Å². The third kappa shape index (κ3) is 2.33. The van der Waals surface area contributed by atoms with Gasteiger partial charge in [-0.3, -0.25) is 4.79 Å². The fraction of sp³-hybridized carbons (Fsp3) is 0.727. The zero-order valence-electron chi connectivity index (χ0n) is 9.00. The van der Waals surface area contributed by atoms with Crippen molar-refractivity contribution in [2.75, 3.05) is 7.05 Å². The Morgan fingerprint density at radius 3 is 2.31 bits per heavy atom. The SMILES string of the molecule is C/C=C(/C(=O)N(C)C1CC1)C(C)C. The molecule has 0 radical (unpaired) electrons. The summed E-state index contributed by atoms with van der Waals surface area (Å²) in [5, 5.41) is 0. The normalized spacial score (nSPS) is 17.8. The average Bonchev–Trinajstić information content (AvgIpc) is 2.85. The van der Waals surface area contributed by atoms with Crippen LogP contribution in [0.25, 0.3) is 0 Å². The summed E-state index contributed by atoms with van der Waals surface area (Å²) in [6.45, 7) is 6.07. The molecule has 1 rings (SSSR count). The summed E-state index contributed by atoms with van der Waals surface area (Å²) in [6, 6.07) is 0.515. The van der Waals surface area contributed by atoms with Gasteiger partial charge in [0.15, 0.2) is 0 Å². The molecule has 1 amide bonds. The first-order valence-corrected chi connectivity index (χ1v) is 5.01. The Labute approximate surface area is 80.6 Å². The highest BCUT2D eigenvalue weighted by Crippen LogP contribution is 2.27. The molecule has 74 valence electrons. The molecule has 0 N–H and O–H groups in total. The van der Waals surface area contributed by atoms with E-state index in [0.29, 0.717) is 12.0 Å². The van der Waals surface area contributed by atoms with E-state index in [1.54, 1.807) is 0 Å². The Bertz CT molecular complexity index is 226. The molecular weight excluding hydrogens is 162 g/mol. The molecule has 0 aliphatic heterocycles. The van der Waals surface area contributed by atoms with E-state index in [1.165, 1.54) is 12.8 Å². The molecule has 0 bridgehead atoms. The molecule has 2 heteroatoms. The van der Waals surface area contributed by atoms with Gasteiger partial charge in [0.25, 0.3) is 0 Å². The zero-order valence-corrected chi connectivity index (χ0v) is 9.00. The van der Waals surface area contributed by atoms with Crippen molar-refractivity contribution in [3.63, 3.8) is 0 Å². The van der Waals surface area contributed by atoms with Crippen LogP contribution < -0.4 is 0 Å². The van der Waals surface area contributed by atoms with Gasteiger partial charge in [0.05, 0.1) is 0 Å². The molecule has 0 aromatic carbocycles. The van der Waals surface area contributed by atoms with Crippen LogP contribution in [0.5, 0.6) is 0 Å². The number of carbonyl (C=O) groups is 1. The lowest BCUT2D eigenvalue weighted by Crippen LogP contribution is -2.31. The average molecular weight is 181 g/mol. The molecule has 1 fully saturated rings. The van der Waals surface area contributed by atoms with E-state index >= 15 is 0 Å². The molecule has 1 saturated carbocycles. The smallest absolute Gasteiger partial charge is 0.249 e. The van der Waals surface area contributed by atoms with Gasteiger partial charge in [0, 0.05) is 18.7 Å². The van der Waals surface area contributed by atoms with Gasteiger partial charge in [0.1, 0.15) is 0 Å². The summed E-state index contributed by atoms with van der Waals surface area (Å²) < 4.78 is 0. The lowest BCUT2D eigenvalue weighted by Gasteiger charge is -2.20. The number of amides is 1. The van der Waals surface area contributed by atoms with Gasteiger partial charge in [-0.2, -0.15) is 0 Å². The maximum absolute atomic E-state index is 11.9. The maximum Gasteiger partial charge on any atom is 0.249 e. The molecule has 1 aliphatic carbocycles. The van der Waals surface area contributed by atoms with Crippen molar-refractivity contribution in [2.45, 2.75) is 39.7 Å². The molecule has 2 nitrogen and oxygen atoms in total. The van der Waals surface area contributed by atoms with Crippen LogP contribution in [0, 0.1) is 5.92 Å². The quantitative estimate of drug-likeness (QED) is 0.611. The summed E-state index contributed by atoms with van der Waals surface area (Å²) in [6.07, 6.45) is 4.29. The number of carbonyl (C=O) groups excluding carboxylic acids is 1. The van der Waals surface area contributed by atoms with Crippen molar-refractivity contribution in [1.29, 1.82) is 0 Å². The number of allylic oxidation sites excluding steroid dienone is 1. The fourth-order valence-electron chi connectivity index (χ4n) is 1.54. The van der Waals surface area contributed by atoms with E-state index < -0.39 is 0 Å². The number of nitrogens with zero attached hydrogens (tertiary/aromatic N) is 1. The highest BCUT2D eigenvalue weighted by Gasteiger charge is 2.31. The van der Waals surface area contributed by atoms with E-state index in [9.17, 15) is 4.79 Å². The molecule has 1 aliphatic rings. The van der Waals surface area contributed by atoms with Crippen LogP contribution in [0.1, 0.15) is 33.6 Å². The second kappa shape index (κ2) is 3.95. The van der Waals surface area contributed by atoms with E-state index in [0.717, 1.165) is 5.57 Å². The highest BCUT2D eigenvalue weighted by atomic mass is 16.2. The van der Waals surface area contributed by atoms with Gasteiger partial charge in [-0.1, -0.05) is 19.9 Å². The number of rotatable bonds is 3. The summed E-state index contributed by atoms with van der Waals surface area (Å²) in [4.78, 5) is 13.7. The van der Waals surface area contributed by atoms with Gasteiger partial charge < -0.3 is 4.90 Å². The summed E-state index contributed by atoms with van der Waals surface area (Å²) in [5.74, 6) is 0.540. The number of hydrogen-bond acceptors (Lipinski definition) is 1. The van der Waals surface area contributed by atoms with Crippen LogP contribution in [0.4, 0.5) is 0 Å². The molecule has 13 heavy (non-hydrogen) atoms. The molecular formula is C11H19NO. The summed E-state index contributed by atoms with van der Waals surface area (Å²) >= 11 is 0. The first-order chi connectivity index (χ1) is 6.07. The Morgan fingerprint density at radius 1 is 1.46 bits per heavy atom. The zero-order chi connectivity index (χ0) is 10.0. The summed E-state index contributed by atoms with van der Waals surface area (Å²) in [7, 11) is 1.91. The minimum absolute atomic E-state index is 0.208. The Balaban J connectivity index is 2.63. The molecule has 0 unspecified atom stereocenters. The third-order valence-electron chi connectivity index (χ3n) is 2.59. The van der Waals surface area contributed by atoms with Gasteiger partial charge in [-0.05, 0) is 25.7 Å². The van der Waals surface area contributed by atoms with Crippen LogP contribution >= 0.6 is 0 Å². The van der Waals surface area contributed by atoms with Gasteiger partial charge >= 0.3 is 0 Å². The number of hydrogen-bond donors (Lipinski definition) is 0. The first kappa shape index (κ1) is 10.3. The minimum Gasteiger partial charge on any atom is -0.339 e. The van der Waals surface area contributed by atoms with Crippen molar-refractivity contribution < 1.29 is 4.79 Å². The lowest BCUT2D eigenvalue weighted by atomic mass is 10.0. The second-order valence-corrected chi connectivity index (χ2v) is 4.05. The predicted octanol–water partition coefficient (Wildman–Crippen LogP) is 2.21. The van der Waals surface area contributed by atoms with Crippen molar-refractivity contribution in [3.8, 4) is 0 Å². The Morgan fingerprint density at radius 2 is 2.00 bits per heavy atom. The van der Waals surface area contributed by atoms with Crippen LogP contribution in [0.15, 0.2) is 11.6 Å². The summed E-state index contributed by atoms with van der Waals surface area (Å²) in [5.41, 5.74) is 0.939. The van der Waals surface area contributed by atoms with Crippen LogP contribution in [0.3, 0.4) is 0 Å². The molecule has 0 aromatic heterocycles. The maximum atomic E-state index is 11.9. The molecule has 0 heterocycles. The third-order valence-corrected chi connectivity index (χ3v) is 2.59. The minimum atomic E-state index is 0.208. The van der Waals surface area contributed by atoms with E-state index in [-0.39, 0.29) is 5.91 Å². The number of likely N-dealkylation sites (N-methyl/N-ethyl adjacent to an activating group) is 1. The van der Waals surface area contributed by atoms with Crippen molar-refractivity contribution in [2.24, 2.45) is 5.92 Å². The lowest BCUT2D eigenvalue weighted by molar-refractivity contribution is -0.126. The topological polar surface area (TPSA) is 20.3 Å². The highest BCUT2D eigenvalue weighted by molar-refractivity contribution is 5.93. The fourth-order valence-corrected chi connectivity index (χ4v) is 1.54. The van der Waals surface area contributed by atoms with Crippen LogP contribution in [0.2, 0.25) is 0 Å². The second-order valence-electron chi connectivity index (χ2n) is 4.05. The molecule has 0 spiro atoms. The van der Waals surface area contributed by atoms with Crippen molar-refractivity contribution >= 4 is 5.91 Å². The standard InChI is InChI=1S/C11H19NO/c1-5-10(8(2)3)11(13)12(4)9-6-7-9/h5,8-9H,6-7H2,1-4H3/b10-5+.